The van der Waals surface area contributed by atoms with Crippen molar-refractivity contribution in [3.8, 4) is 0 Å². The van der Waals surface area contributed by atoms with Gasteiger partial charge >= 0.3 is 0 Å². The van der Waals surface area contributed by atoms with Gasteiger partial charge in [-0.15, -0.1) is 0 Å². The standard InChI is InChI=1S/C17H34N4O/c1-5-6-14-7-9-15(10-8-14)21-17(18-4)20-12-11-19-16(22)13(2)3/h13-15H,5-12H2,1-4H3,(H,19,22)(H2,18,20,21). The van der Waals surface area contributed by atoms with Crippen LogP contribution in [0.25, 0.3) is 0 Å². The topological polar surface area (TPSA) is 65.5 Å². The number of carbonyl (C=O) groups is 1. The fourth-order valence-electron chi connectivity index (χ4n) is 2.96. The van der Waals surface area contributed by atoms with Crippen LogP contribution in [-0.4, -0.2) is 38.0 Å². The third-order valence-electron chi connectivity index (χ3n) is 4.35. The zero-order valence-corrected chi connectivity index (χ0v) is 14.7. The van der Waals surface area contributed by atoms with Crippen LogP contribution in [0.4, 0.5) is 0 Å². The molecule has 0 aromatic heterocycles. The van der Waals surface area contributed by atoms with Crippen LogP contribution in [0.5, 0.6) is 0 Å². The number of rotatable bonds is 7. The van der Waals surface area contributed by atoms with E-state index in [0.717, 1.165) is 11.9 Å². The maximum atomic E-state index is 11.5. The summed E-state index contributed by atoms with van der Waals surface area (Å²) in [7, 11) is 1.80. The van der Waals surface area contributed by atoms with E-state index < -0.39 is 0 Å². The first-order valence-electron chi connectivity index (χ1n) is 8.81. The maximum absolute atomic E-state index is 11.5. The lowest BCUT2D eigenvalue weighted by atomic mass is 9.83. The average Bonchev–Trinajstić information content (AvgIpc) is 2.51. The van der Waals surface area contributed by atoms with Gasteiger partial charge in [-0.2, -0.15) is 0 Å². The molecule has 0 bridgehead atoms. The number of hydrogen-bond donors (Lipinski definition) is 3. The minimum atomic E-state index is 0.0377. The normalized spacial score (nSPS) is 22.5. The molecule has 0 saturated heterocycles. The molecule has 1 aliphatic carbocycles. The van der Waals surface area contributed by atoms with Gasteiger partial charge in [-0.3, -0.25) is 9.79 Å². The third-order valence-corrected chi connectivity index (χ3v) is 4.35. The van der Waals surface area contributed by atoms with Crippen molar-refractivity contribution in [3.05, 3.63) is 0 Å². The van der Waals surface area contributed by atoms with E-state index in [4.69, 9.17) is 0 Å². The number of aliphatic imine (C=N–C) groups is 1. The first kappa shape index (κ1) is 18.8. The van der Waals surface area contributed by atoms with Crippen molar-refractivity contribution < 1.29 is 4.79 Å². The number of amides is 1. The van der Waals surface area contributed by atoms with E-state index in [-0.39, 0.29) is 11.8 Å². The first-order valence-corrected chi connectivity index (χ1v) is 8.81. The monoisotopic (exact) mass is 310 g/mol. The molecule has 0 aromatic carbocycles. The molecule has 1 fully saturated rings. The Balaban J connectivity index is 2.19. The van der Waals surface area contributed by atoms with Gasteiger partial charge in [0, 0.05) is 32.1 Å². The Bertz CT molecular complexity index is 347. The zero-order valence-electron chi connectivity index (χ0n) is 14.7. The molecular weight excluding hydrogens is 276 g/mol. The Morgan fingerprint density at radius 2 is 1.77 bits per heavy atom. The summed E-state index contributed by atoms with van der Waals surface area (Å²) < 4.78 is 0. The largest absolute Gasteiger partial charge is 0.355 e. The Hall–Kier alpha value is -1.26. The van der Waals surface area contributed by atoms with Crippen molar-refractivity contribution >= 4 is 11.9 Å². The van der Waals surface area contributed by atoms with E-state index in [2.05, 4.69) is 27.9 Å². The van der Waals surface area contributed by atoms with Crippen LogP contribution in [-0.2, 0) is 4.79 Å². The second-order valence-corrected chi connectivity index (χ2v) is 6.60. The predicted octanol–water partition coefficient (Wildman–Crippen LogP) is 2.28. The minimum absolute atomic E-state index is 0.0377. The van der Waals surface area contributed by atoms with Crippen LogP contribution in [0.15, 0.2) is 4.99 Å². The van der Waals surface area contributed by atoms with Crippen LogP contribution in [0.1, 0.15) is 59.3 Å². The molecule has 0 aromatic rings. The number of guanidine groups is 1. The van der Waals surface area contributed by atoms with Crippen LogP contribution in [0.3, 0.4) is 0 Å². The number of hydrogen-bond acceptors (Lipinski definition) is 2. The van der Waals surface area contributed by atoms with Gasteiger partial charge in [0.25, 0.3) is 0 Å². The summed E-state index contributed by atoms with van der Waals surface area (Å²) in [5.41, 5.74) is 0. The lowest BCUT2D eigenvalue weighted by Gasteiger charge is -2.30. The quantitative estimate of drug-likeness (QED) is 0.384. The molecular formula is C17H34N4O. The predicted molar refractivity (Wildman–Crippen MR) is 93.0 cm³/mol. The molecule has 1 aliphatic rings. The van der Waals surface area contributed by atoms with Crippen molar-refractivity contribution in [2.45, 2.75) is 65.3 Å². The van der Waals surface area contributed by atoms with Gasteiger partial charge in [0.05, 0.1) is 0 Å². The minimum Gasteiger partial charge on any atom is -0.355 e. The molecule has 0 unspecified atom stereocenters. The van der Waals surface area contributed by atoms with Crippen molar-refractivity contribution in [3.63, 3.8) is 0 Å². The van der Waals surface area contributed by atoms with Gasteiger partial charge in [-0.1, -0.05) is 33.6 Å². The molecule has 0 aliphatic heterocycles. The molecule has 5 nitrogen and oxygen atoms in total. The van der Waals surface area contributed by atoms with Crippen molar-refractivity contribution in [2.75, 3.05) is 20.1 Å². The van der Waals surface area contributed by atoms with E-state index in [1.807, 2.05) is 13.8 Å². The Labute approximate surface area is 135 Å². The van der Waals surface area contributed by atoms with Crippen molar-refractivity contribution in [1.29, 1.82) is 0 Å². The Kier molecular flexibility index (Phi) is 8.94. The van der Waals surface area contributed by atoms with Crippen molar-refractivity contribution in [2.24, 2.45) is 16.8 Å². The van der Waals surface area contributed by atoms with Gasteiger partial charge in [-0.25, -0.2) is 0 Å². The fourth-order valence-corrected chi connectivity index (χ4v) is 2.96. The number of carbonyl (C=O) groups excluding carboxylic acids is 1. The molecule has 3 N–H and O–H groups in total. The highest BCUT2D eigenvalue weighted by molar-refractivity contribution is 5.80. The molecule has 22 heavy (non-hydrogen) atoms. The van der Waals surface area contributed by atoms with Gasteiger partial charge in [0.1, 0.15) is 0 Å². The summed E-state index contributed by atoms with van der Waals surface area (Å²) in [5.74, 6) is 1.90. The summed E-state index contributed by atoms with van der Waals surface area (Å²) >= 11 is 0. The molecule has 0 heterocycles. The van der Waals surface area contributed by atoms with E-state index in [1.165, 1.54) is 38.5 Å². The van der Waals surface area contributed by atoms with E-state index in [0.29, 0.717) is 19.1 Å². The summed E-state index contributed by atoms with van der Waals surface area (Å²) in [5, 5.41) is 9.68. The lowest BCUT2D eigenvalue weighted by Crippen LogP contribution is -2.47. The van der Waals surface area contributed by atoms with Gasteiger partial charge < -0.3 is 16.0 Å². The van der Waals surface area contributed by atoms with Crippen LogP contribution in [0, 0.1) is 11.8 Å². The zero-order chi connectivity index (χ0) is 16.4. The summed E-state index contributed by atoms with van der Waals surface area (Å²) in [6.07, 6.45) is 7.79. The lowest BCUT2D eigenvalue weighted by molar-refractivity contribution is -0.123. The maximum Gasteiger partial charge on any atom is 0.222 e. The summed E-state index contributed by atoms with van der Waals surface area (Å²) in [6.45, 7) is 7.40. The molecule has 1 amide bonds. The highest BCUT2D eigenvalue weighted by Gasteiger charge is 2.21. The van der Waals surface area contributed by atoms with Gasteiger partial charge in [0.2, 0.25) is 5.91 Å². The van der Waals surface area contributed by atoms with E-state index in [1.54, 1.807) is 7.05 Å². The van der Waals surface area contributed by atoms with Crippen molar-refractivity contribution in [1.82, 2.24) is 16.0 Å². The van der Waals surface area contributed by atoms with Gasteiger partial charge in [0.15, 0.2) is 5.96 Å². The van der Waals surface area contributed by atoms with E-state index >= 15 is 0 Å². The summed E-state index contributed by atoms with van der Waals surface area (Å²) in [4.78, 5) is 15.7. The van der Waals surface area contributed by atoms with Crippen LogP contribution in [0.2, 0.25) is 0 Å². The Morgan fingerprint density at radius 3 is 2.32 bits per heavy atom. The SMILES string of the molecule is CCCC1CCC(NC(=NC)NCCNC(=O)C(C)C)CC1. The molecule has 5 heteroatoms. The van der Waals surface area contributed by atoms with Gasteiger partial charge in [-0.05, 0) is 31.6 Å². The van der Waals surface area contributed by atoms with Crippen LogP contribution >= 0.6 is 0 Å². The van der Waals surface area contributed by atoms with Crippen LogP contribution < -0.4 is 16.0 Å². The highest BCUT2D eigenvalue weighted by atomic mass is 16.1. The average molecular weight is 310 g/mol. The molecule has 1 rings (SSSR count). The fraction of sp³-hybridized carbons (Fsp3) is 0.882. The molecule has 0 atom stereocenters. The second-order valence-electron chi connectivity index (χ2n) is 6.60. The number of nitrogens with one attached hydrogen (secondary N) is 3. The molecule has 0 spiro atoms. The molecule has 0 radical (unpaired) electrons. The summed E-state index contributed by atoms with van der Waals surface area (Å²) in [6, 6.07) is 0.532. The number of nitrogens with zero attached hydrogens (tertiary/aromatic N) is 1. The Morgan fingerprint density at radius 1 is 1.14 bits per heavy atom. The molecule has 128 valence electrons. The third kappa shape index (κ3) is 7.14. The first-order chi connectivity index (χ1) is 10.6. The highest BCUT2D eigenvalue weighted by Crippen LogP contribution is 2.27. The van der Waals surface area contributed by atoms with E-state index in [9.17, 15) is 4.79 Å². The molecule has 1 saturated carbocycles. The second kappa shape index (κ2) is 10.5. The smallest absolute Gasteiger partial charge is 0.222 e.